The van der Waals surface area contributed by atoms with Crippen molar-refractivity contribution in [3.05, 3.63) is 64.8 Å². The fourth-order valence-electron chi connectivity index (χ4n) is 3.15. The molecule has 7 heteroatoms. The Labute approximate surface area is 159 Å². The van der Waals surface area contributed by atoms with Crippen molar-refractivity contribution < 1.29 is 14.0 Å². The van der Waals surface area contributed by atoms with Crippen molar-refractivity contribution in [2.45, 2.75) is 6.92 Å². The lowest BCUT2D eigenvalue weighted by molar-refractivity contribution is -0.115. The minimum absolute atomic E-state index is 0.201. The van der Waals surface area contributed by atoms with E-state index in [-0.39, 0.29) is 11.8 Å². The number of amides is 2. The first-order chi connectivity index (χ1) is 12.5. The lowest BCUT2D eigenvalue weighted by Crippen LogP contribution is -2.29. The van der Waals surface area contributed by atoms with Gasteiger partial charge in [0, 0.05) is 12.1 Å². The van der Waals surface area contributed by atoms with Gasteiger partial charge in [0.25, 0.3) is 11.8 Å². The molecule has 2 heterocycles. The molecule has 0 unspecified atom stereocenters. The van der Waals surface area contributed by atoms with Crippen LogP contribution in [0.4, 0.5) is 15.8 Å². The summed E-state index contributed by atoms with van der Waals surface area (Å²) in [6, 6.07) is 12.9. The van der Waals surface area contributed by atoms with E-state index in [1.807, 2.05) is 31.2 Å². The van der Waals surface area contributed by atoms with Crippen LogP contribution in [0.15, 0.2) is 53.4 Å². The monoisotopic (exact) mass is 384 g/mol. The fourth-order valence-corrected chi connectivity index (χ4v) is 4.52. The topological polar surface area (TPSA) is 40.6 Å². The molecule has 1 fully saturated rings. The van der Waals surface area contributed by atoms with Crippen molar-refractivity contribution in [2.75, 3.05) is 16.3 Å². The van der Waals surface area contributed by atoms with E-state index in [9.17, 15) is 14.0 Å². The second kappa shape index (κ2) is 6.34. The van der Waals surface area contributed by atoms with Gasteiger partial charge in [0.15, 0.2) is 4.32 Å². The van der Waals surface area contributed by atoms with Crippen LogP contribution >= 0.6 is 24.0 Å². The summed E-state index contributed by atoms with van der Waals surface area (Å²) in [7, 11) is 0. The van der Waals surface area contributed by atoms with E-state index in [2.05, 4.69) is 0 Å². The smallest absolute Gasteiger partial charge is 0.271 e. The third-order valence-electron chi connectivity index (χ3n) is 4.32. The number of thiocarbonyl (C=S) groups is 1. The van der Waals surface area contributed by atoms with Crippen LogP contribution in [-0.2, 0) is 9.59 Å². The van der Waals surface area contributed by atoms with Crippen LogP contribution in [0.1, 0.15) is 12.5 Å². The molecule has 1 saturated heterocycles. The van der Waals surface area contributed by atoms with Gasteiger partial charge in [-0.05, 0) is 37.3 Å². The SMILES string of the molecule is CCN1C(=O)C(=C2SC(=S)N(c3ccc(F)cc3)C2=O)c2ccccc21. The number of likely N-dealkylation sites (N-methyl/N-ethyl adjacent to an activating group) is 1. The van der Waals surface area contributed by atoms with Crippen LogP contribution < -0.4 is 9.80 Å². The van der Waals surface area contributed by atoms with E-state index in [1.54, 1.807) is 4.90 Å². The summed E-state index contributed by atoms with van der Waals surface area (Å²) in [5.41, 5.74) is 2.39. The molecule has 0 atom stereocenters. The molecule has 2 aromatic rings. The second-order valence-electron chi connectivity index (χ2n) is 5.76. The third kappa shape index (κ3) is 2.47. The molecule has 2 aliphatic heterocycles. The summed E-state index contributed by atoms with van der Waals surface area (Å²) in [4.78, 5) is 29.2. The number of anilines is 2. The van der Waals surface area contributed by atoms with Gasteiger partial charge < -0.3 is 4.90 Å². The van der Waals surface area contributed by atoms with E-state index in [1.165, 1.54) is 29.2 Å². The minimum atomic E-state index is -0.393. The molecule has 0 aromatic heterocycles. The zero-order valence-electron chi connectivity index (χ0n) is 13.7. The Morgan fingerprint density at radius 1 is 1.04 bits per heavy atom. The Morgan fingerprint density at radius 2 is 1.73 bits per heavy atom. The number of hydrogen-bond acceptors (Lipinski definition) is 4. The molecule has 2 aromatic carbocycles. The Kier molecular flexibility index (Phi) is 4.13. The highest BCUT2D eigenvalue weighted by Crippen LogP contribution is 2.45. The van der Waals surface area contributed by atoms with Crippen LogP contribution in [0.3, 0.4) is 0 Å². The molecular weight excluding hydrogens is 371 g/mol. The Balaban J connectivity index is 1.83. The number of thioether (sulfide) groups is 1. The predicted molar refractivity (Wildman–Crippen MR) is 105 cm³/mol. The van der Waals surface area contributed by atoms with Gasteiger partial charge >= 0.3 is 0 Å². The summed E-state index contributed by atoms with van der Waals surface area (Å²) in [6.07, 6.45) is 0. The molecule has 130 valence electrons. The van der Waals surface area contributed by atoms with Crippen LogP contribution in [0.2, 0.25) is 0 Å². The normalized spacial score (nSPS) is 19.5. The van der Waals surface area contributed by atoms with Crippen molar-refractivity contribution in [3.63, 3.8) is 0 Å². The quantitative estimate of drug-likeness (QED) is 0.580. The van der Waals surface area contributed by atoms with Gasteiger partial charge in [-0.25, -0.2) is 4.39 Å². The highest BCUT2D eigenvalue weighted by Gasteiger charge is 2.42. The molecule has 4 nitrogen and oxygen atoms in total. The van der Waals surface area contributed by atoms with Crippen molar-refractivity contribution in [1.82, 2.24) is 0 Å². The number of carbonyl (C=O) groups excluding carboxylic acids is 2. The van der Waals surface area contributed by atoms with Crippen molar-refractivity contribution in [3.8, 4) is 0 Å². The van der Waals surface area contributed by atoms with E-state index in [0.29, 0.717) is 27.0 Å². The summed E-state index contributed by atoms with van der Waals surface area (Å²) < 4.78 is 13.5. The predicted octanol–water partition coefficient (Wildman–Crippen LogP) is 3.97. The average molecular weight is 384 g/mol. The van der Waals surface area contributed by atoms with Gasteiger partial charge in [-0.1, -0.05) is 42.2 Å². The molecule has 26 heavy (non-hydrogen) atoms. The van der Waals surface area contributed by atoms with Crippen LogP contribution in [-0.4, -0.2) is 22.7 Å². The molecular formula is C19H13FN2O2S2. The maximum Gasteiger partial charge on any atom is 0.271 e. The fraction of sp³-hybridized carbons (Fsp3) is 0.105. The summed E-state index contributed by atoms with van der Waals surface area (Å²) in [5, 5.41) is 0. The van der Waals surface area contributed by atoms with Gasteiger partial charge in [-0.3, -0.25) is 14.5 Å². The first-order valence-electron chi connectivity index (χ1n) is 8.00. The molecule has 0 spiro atoms. The summed E-state index contributed by atoms with van der Waals surface area (Å²) in [5.74, 6) is -0.952. The molecule has 0 saturated carbocycles. The molecule has 0 aliphatic carbocycles. The van der Waals surface area contributed by atoms with Gasteiger partial charge in [0.2, 0.25) is 0 Å². The average Bonchev–Trinajstić information content (AvgIpc) is 3.08. The Bertz CT molecular complexity index is 985. The number of halogens is 1. The number of nitrogens with zero attached hydrogens (tertiary/aromatic N) is 2. The zero-order valence-corrected chi connectivity index (χ0v) is 15.4. The van der Waals surface area contributed by atoms with E-state index < -0.39 is 5.82 Å². The number of fused-ring (bicyclic) bond motifs is 1. The van der Waals surface area contributed by atoms with Crippen LogP contribution in [0, 0.1) is 5.82 Å². The van der Waals surface area contributed by atoms with E-state index in [4.69, 9.17) is 12.2 Å². The molecule has 0 radical (unpaired) electrons. The highest BCUT2D eigenvalue weighted by atomic mass is 32.2. The summed E-state index contributed by atoms with van der Waals surface area (Å²) >= 11 is 6.46. The van der Waals surface area contributed by atoms with Crippen molar-refractivity contribution in [2.24, 2.45) is 0 Å². The van der Waals surface area contributed by atoms with Crippen LogP contribution in [0.5, 0.6) is 0 Å². The number of para-hydroxylation sites is 1. The lowest BCUT2D eigenvalue weighted by Gasteiger charge is -2.14. The van der Waals surface area contributed by atoms with Gasteiger partial charge in [-0.2, -0.15) is 0 Å². The molecule has 0 bridgehead atoms. The number of hydrogen-bond donors (Lipinski definition) is 0. The standard InChI is InChI=1S/C19H13FN2O2S2/c1-2-21-14-6-4-3-5-13(14)15(17(21)23)16-18(24)22(19(25)26-16)12-9-7-11(20)8-10-12/h3-10H,2H2,1H3. The van der Waals surface area contributed by atoms with Gasteiger partial charge in [0.05, 0.1) is 21.9 Å². The minimum Gasteiger partial charge on any atom is -0.308 e. The first-order valence-corrected chi connectivity index (χ1v) is 9.22. The van der Waals surface area contributed by atoms with Crippen LogP contribution in [0.25, 0.3) is 5.57 Å². The molecule has 2 amide bonds. The van der Waals surface area contributed by atoms with E-state index >= 15 is 0 Å². The van der Waals surface area contributed by atoms with Gasteiger partial charge in [0.1, 0.15) is 5.82 Å². The third-order valence-corrected chi connectivity index (χ3v) is 5.69. The second-order valence-corrected chi connectivity index (χ2v) is 7.40. The largest absolute Gasteiger partial charge is 0.308 e. The Morgan fingerprint density at radius 3 is 2.42 bits per heavy atom. The molecule has 4 rings (SSSR count). The highest BCUT2D eigenvalue weighted by molar-refractivity contribution is 8.27. The number of carbonyl (C=O) groups is 2. The van der Waals surface area contributed by atoms with Crippen molar-refractivity contribution >= 4 is 57.1 Å². The number of rotatable bonds is 2. The first kappa shape index (κ1) is 16.9. The molecule has 0 N–H and O–H groups in total. The summed E-state index contributed by atoms with van der Waals surface area (Å²) in [6.45, 7) is 2.40. The number of benzene rings is 2. The maximum absolute atomic E-state index is 13.2. The Hall–Kier alpha value is -2.51. The maximum atomic E-state index is 13.2. The van der Waals surface area contributed by atoms with Gasteiger partial charge in [-0.15, -0.1) is 0 Å². The van der Waals surface area contributed by atoms with E-state index in [0.717, 1.165) is 23.0 Å². The zero-order chi connectivity index (χ0) is 18.4. The van der Waals surface area contributed by atoms with Crippen molar-refractivity contribution in [1.29, 1.82) is 0 Å². The molecule has 2 aliphatic rings. The lowest BCUT2D eigenvalue weighted by atomic mass is 10.1.